The molecule has 3 N–H and O–H groups in total. The van der Waals surface area contributed by atoms with Gasteiger partial charge in [0.1, 0.15) is 24.3 Å². The SMILES string of the molecule is Nc1ncnc2cc(CN3CCN(Cc4nc5ccc(Cl)cc5[nH]4)CC3C=O)ccc12. The first-order valence-electron chi connectivity index (χ1n) is 10.1. The average Bonchev–Trinajstić information content (AvgIpc) is 3.16. The van der Waals surface area contributed by atoms with E-state index in [4.69, 9.17) is 17.3 Å². The maximum absolute atomic E-state index is 11.9. The van der Waals surface area contributed by atoms with Crippen LogP contribution < -0.4 is 5.73 Å². The van der Waals surface area contributed by atoms with Crippen LogP contribution >= 0.6 is 11.6 Å². The third kappa shape index (κ3) is 4.10. The number of imidazole rings is 1. The molecule has 31 heavy (non-hydrogen) atoms. The molecule has 0 aliphatic carbocycles. The number of anilines is 1. The van der Waals surface area contributed by atoms with Gasteiger partial charge in [-0.1, -0.05) is 17.7 Å². The number of rotatable bonds is 5. The highest BCUT2D eigenvalue weighted by Gasteiger charge is 2.27. The van der Waals surface area contributed by atoms with E-state index in [1.54, 1.807) is 0 Å². The molecule has 1 unspecified atom stereocenters. The van der Waals surface area contributed by atoms with E-state index in [1.165, 1.54) is 6.33 Å². The number of piperazine rings is 1. The van der Waals surface area contributed by atoms with Gasteiger partial charge in [0.05, 0.1) is 29.1 Å². The van der Waals surface area contributed by atoms with Gasteiger partial charge in [0.2, 0.25) is 0 Å². The Morgan fingerprint density at radius 1 is 1.13 bits per heavy atom. The van der Waals surface area contributed by atoms with Crippen molar-refractivity contribution in [2.24, 2.45) is 0 Å². The number of carbonyl (C=O) groups excluding carboxylic acids is 1. The summed E-state index contributed by atoms with van der Waals surface area (Å²) >= 11 is 6.06. The summed E-state index contributed by atoms with van der Waals surface area (Å²) in [4.78, 5) is 32.6. The molecular formula is C22H22ClN7O. The molecule has 8 nitrogen and oxygen atoms in total. The van der Waals surface area contributed by atoms with Crippen LogP contribution in [0.25, 0.3) is 21.9 Å². The van der Waals surface area contributed by atoms with E-state index >= 15 is 0 Å². The smallest absolute Gasteiger partial charge is 0.138 e. The number of halogens is 1. The van der Waals surface area contributed by atoms with Gasteiger partial charge in [-0.3, -0.25) is 9.80 Å². The molecule has 9 heteroatoms. The van der Waals surface area contributed by atoms with Crippen molar-refractivity contribution >= 4 is 45.6 Å². The van der Waals surface area contributed by atoms with Crippen LogP contribution in [0.4, 0.5) is 5.82 Å². The van der Waals surface area contributed by atoms with Gasteiger partial charge < -0.3 is 15.5 Å². The standard InChI is InChI=1S/C22H22ClN7O/c23-15-2-4-18-20(8-15)28-21(27-18)11-29-5-6-30(16(10-29)12-31)9-14-1-3-17-19(7-14)25-13-26-22(17)24/h1-4,7-8,12-13,16H,5-6,9-11H2,(H,27,28)(H2,24,25,26). The summed E-state index contributed by atoms with van der Waals surface area (Å²) < 4.78 is 0. The van der Waals surface area contributed by atoms with Crippen molar-refractivity contribution in [1.29, 1.82) is 0 Å². The zero-order valence-electron chi connectivity index (χ0n) is 16.8. The highest BCUT2D eigenvalue weighted by Crippen LogP contribution is 2.22. The minimum absolute atomic E-state index is 0.182. The molecule has 0 radical (unpaired) electrons. The van der Waals surface area contributed by atoms with Crippen LogP contribution in [0.1, 0.15) is 11.4 Å². The zero-order chi connectivity index (χ0) is 21.4. The van der Waals surface area contributed by atoms with Gasteiger partial charge in [0, 0.05) is 36.6 Å². The Hall–Kier alpha value is -3.07. The van der Waals surface area contributed by atoms with Gasteiger partial charge in [0.15, 0.2) is 0 Å². The minimum Gasteiger partial charge on any atom is -0.383 e. The van der Waals surface area contributed by atoms with Gasteiger partial charge >= 0.3 is 0 Å². The number of aldehydes is 1. The summed E-state index contributed by atoms with van der Waals surface area (Å²) in [7, 11) is 0. The van der Waals surface area contributed by atoms with E-state index in [0.29, 0.717) is 30.5 Å². The summed E-state index contributed by atoms with van der Waals surface area (Å²) in [6, 6.07) is 11.4. The Kier molecular flexibility index (Phi) is 5.27. The van der Waals surface area contributed by atoms with Crippen molar-refractivity contribution in [2.75, 3.05) is 25.4 Å². The van der Waals surface area contributed by atoms with E-state index in [9.17, 15) is 4.79 Å². The molecule has 1 atom stereocenters. The molecule has 2 aromatic heterocycles. The largest absolute Gasteiger partial charge is 0.383 e. The third-order valence-corrected chi connectivity index (χ3v) is 5.99. The quantitative estimate of drug-likeness (QED) is 0.464. The Morgan fingerprint density at radius 2 is 2.03 bits per heavy atom. The van der Waals surface area contributed by atoms with Gasteiger partial charge in [-0.2, -0.15) is 0 Å². The number of nitrogen functional groups attached to an aromatic ring is 1. The molecule has 0 bridgehead atoms. The lowest BCUT2D eigenvalue weighted by molar-refractivity contribution is -0.115. The number of aromatic amines is 1. The number of aromatic nitrogens is 4. The molecule has 0 saturated carbocycles. The summed E-state index contributed by atoms with van der Waals surface area (Å²) in [5.74, 6) is 1.35. The van der Waals surface area contributed by atoms with Crippen molar-refractivity contribution in [3.63, 3.8) is 0 Å². The Balaban J connectivity index is 1.27. The van der Waals surface area contributed by atoms with E-state index < -0.39 is 0 Å². The van der Waals surface area contributed by atoms with Crippen LogP contribution in [-0.2, 0) is 17.9 Å². The fourth-order valence-electron chi connectivity index (χ4n) is 4.15. The number of hydrogen-bond acceptors (Lipinski definition) is 7. The summed E-state index contributed by atoms with van der Waals surface area (Å²) in [6.45, 7) is 3.64. The van der Waals surface area contributed by atoms with Crippen molar-refractivity contribution in [3.05, 3.63) is 59.1 Å². The second-order valence-electron chi connectivity index (χ2n) is 7.86. The molecular weight excluding hydrogens is 414 g/mol. The number of nitrogens with zero attached hydrogens (tertiary/aromatic N) is 5. The first-order valence-corrected chi connectivity index (χ1v) is 10.5. The normalized spacial score (nSPS) is 18.0. The van der Waals surface area contributed by atoms with E-state index in [0.717, 1.165) is 52.7 Å². The number of H-pyrrole nitrogens is 1. The van der Waals surface area contributed by atoms with Crippen LogP contribution in [0.15, 0.2) is 42.7 Å². The second-order valence-corrected chi connectivity index (χ2v) is 8.30. The van der Waals surface area contributed by atoms with Crippen molar-refractivity contribution in [3.8, 4) is 0 Å². The van der Waals surface area contributed by atoms with Crippen LogP contribution in [0.3, 0.4) is 0 Å². The lowest BCUT2D eigenvalue weighted by atomic mass is 10.1. The minimum atomic E-state index is -0.182. The fraction of sp³-hybridized carbons (Fsp3) is 0.273. The van der Waals surface area contributed by atoms with Crippen LogP contribution in [0.5, 0.6) is 0 Å². The second kappa shape index (κ2) is 8.22. The Labute approximate surface area is 184 Å². The van der Waals surface area contributed by atoms with Crippen molar-refractivity contribution < 1.29 is 4.79 Å². The van der Waals surface area contributed by atoms with Crippen LogP contribution in [0.2, 0.25) is 5.02 Å². The molecule has 1 fully saturated rings. The molecule has 1 aliphatic rings. The maximum Gasteiger partial charge on any atom is 0.138 e. The summed E-state index contributed by atoms with van der Waals surface area (Å²) in [5.41, 5.74) is 9.65. The van der Waals surface area contributed by atoms with Crippen molar-refractivity contribution in [2.45, 2.75) is 19.1 Å². The van der Waals surface area contributed by atoms with E-state index in [-0.39, 0.29) is 6.04 Å². The third-order valence-electron chi connectivity index (χ3n) is 5.76. The molecule has 4 aromatic rings. The summed E-state index contributed by atoms with van der Waals surface area (Å²) in [6.07, 6.45) is 2.51. The number of nitrogens with two attached hydrogens (primary N) is 1. The first kappa shape index (κ1) is 19.9. The number of nitrogens with one attached hydrogen (secondary N) is 1. The van der Waals surface area contributed by atoms with E-state index in [2.05, 4.69) is 29.7 Å². The number of carbonyl (C=O) groups is 1. The van der Waals surface area contributed by atoms with Gasteiger partial charge in [-0.05, 0) is 35.9 Å². The molecule has 1 aliphatic heterocycles. The fourth-order valence-corrected chi connectivity index (χ4v) is 4.33. The van der Waals surface area contributed by atoms with E-state index in [1.807, 2.05) is 36.4 Å². The Bertz CT molecular complexity index is 1260. The van der Waals surface area contributed by atoms with Crippen LogP contribution in [-0.4, -0.2) is 61.7 Å². The topological polar surface area (TPSA) is 104 Å². The number of hydrogen-bond donors (Lipinski definition) is 2. The zero-order valence-corrected chi connectivity index (χ0v) is 17.6. The van der Waals surface area contributed by atoms with Gasteiger partial charge in [-0.15, -0.1) is 0 Å². The molecule has 0 amide bonds. The van der Waals surface area contributed by atoms with Gasteiger partial charge in [-0.25, -0.2) is 15.0 Å². The monoisotopic (exact) mass is 435 g/mol. The first-order chi connectivity index (χ1) is 15.1. The lowest BCUT2D eigenvalue weighted by Crippen LogP contribution is -2.53. The molecule has 158 valence electrons. The predicted molar refractivity (Wildman–Crippen MR) is 121 cm³/mol. The van der Waals surface area contributed by atoms with Gasteiger partial charge in [0.25, 0.3) is 0 Å². The van der Waals surface area contributed by atoms with Crippen molar-refractivity contribution in [1.82, 2.24) is 29.7 Å². The number of fused-ring (bicyclic) bond motifs is 2. The molecule has 2 aromatic carbocycles. The Morgan fingerprint density at radius 3 is 2.90 bits per heavy atom. The highest BCUT2D eigenvalue weighted by molar-refractivity contribution is 6.31. The maximum atomic E-state index is 11.9. The molecule has 5 rings (SSSR count). The molecule has 1 saturated heterocycles. The predicted octanol–water partition coefficient (Wildman–Crippen LogP) is 2.63. The average molecular weight is 436 g/mol. The molecule has 3 heterocycles. The highest BCUT2D eigenvalue weighted by atomic mass is 35.5. The lowest BCUT2D eigenvalue weighted by Gasteiger charge is -2.38. The van der Waals surface area contributed by atoms with Crippen LogP contribution in [0, 0.1) is 0 Å². The number of benzene rings is 2. The molecule has 0 spiro atoms. The summed E-state index contributed by atoms with van der Waals surface area (Å²) in [5, 5.41) is 1.52.